The van der Waals surface area contributed by atoms with Gasteiger partial charge < -0.3 is 4.74 Å². The lowest BCUT2D eigenvalue weighted by atomic mass is 10.9. The van der Waals surface area contributed by atoms with E-state index < -0.39 is 6.79 Å². The molecule has 0 aromatic carbocycles. The van der Waals surface area contributed by atoms with Crippen LogP contribution in [0.5, 0.6) is 0 Å². The molecule has 0 saturated carbocycles. The molecule has 0 aliphatic heterocycles. The van der Waals surface area contributed by atoms with Crippen molar-refractivity contribution in [1.29, 1.82) is 0 Å². The van der Waals surface area contributed by atoms with Crippen LogP contribution < -0.4 is 0 Å². The summed E-state index contributed by atoms with van der Waals surface area (Å²) < 4.78 is 4.50. The van der Waals surface area contributed by atoms with Gasteiger partial charge in [-0.1, -0.05) is 0 Å². The number of ether oxygens (including phenoxy) is 1. The second kappa shape index (κ2) is 6.27. The van der Waals surface area contributed by atoms with Gasteiger partial charge in [-0.25, -0.2) is 5.11 Å². The lowest BCUT2D eigenvalue weighted by Gasteiger charge is -1.92. The highest BCUT2D eigenvalue weighted by Gasteiger charge is 1.80. The van der Waals surface area contributed by atoms with Crippen molar-refractivity contribution >= 4 is 11.8 Å². The van der Waals surface area contributed by atoms with Gasteiger partial charge in [-0.05, 0) is 6.26 Å². The van der Waals surface area contributed by atoms with Crippen molar-refractivity contribution in [2.24, 2.45) is 0 Å². The quantitative estimate of drug-likeness (QED) is 0.406. The van der Waals surface area contributed by atoms with Crippen LogP contribution in [0.3, 0.4) is 0 Å². The molecule has 3 heteroatoms. The second-order valence-electron chi connectivity index (χ2n) is 1.02. The van der Waals surface area contributed by atoms with Crippen LogP contribution in [0, 0.1) is 0 Å². The van der Waals surface area contributed by atoms with E-state index in [9.17, 15) is 5.11 Å². The lowest BCUT2D eigenvalue weighted by Crippen LogP contribution is -1.95. The smallest absolute Gasteiger partial charge is 0.180 e. The van der Waals surface area contributed by atoms with E-state index in [1.807, 2.05) is 6.26 Å². The van der Waals surface area contributed by atoms with Crippen LogP contribution in [-0.2, 0) is 9.84 Å². The molecule has 2 nitrogen and oxygen atoms in total. The molecule has 43 valence electrons. The van der Waals surface area contributed by atoms with Crippen LogP contribution in [0.1, 0.15) is 0 Å². The van der Waals surface area contributed by atoms with E-state index in [0.717, 1.165) is 5.75 Å². The van der Waals surface area contributed by atoms with Crippen LogP contribution in [0.25, 0.3) is 0 Å². The van der Waals surface area contributed by atoms with Gasteiger partial charge in [0.25, 0.3) is 0 Å². The molecule has 0 saturated heterocycles. The fourth-order valence-corrected chi connectivity index (χ4v) is 0.486. The highest BCUT2D eigenvalue weighted by atomic mass is 32.2. The van der Waals surface area contributed by atoms with Gasteiger partial charge in [0.2, 0.25) is 0 Å². The summed E-state index contributed by atoms with van der Waals surface area (Å²) in [6.45, 7) is 0.186. The Hall–Kier alpha value is 0.270. The summed E-state index contributed by atoms with van der Waals surface area (Å²) >= 11 is 1.68. The molecular weight excluding hydrogens is 112 g/mol. The maximum atomic E-state index is 9.57. The van der Waals surface area contributed by atoms with Gasteiger partial charge in [0.05, 0.1) is 6.61 Å². The molecule has 0 aliphatic carbocycles. The van der Waals surface area contributed by atoms with Crippen LogP contribution in [0.4, 0.5) is 0 Å². The molecule has 0 amide bonds. The third kappa shape index (κ3) is 6.27. The molecule has 0 aliphatic rings. The van der Waals surface area contributed by atoms with Gasteiger partial charge in [-0.2, -0.15) is 11.8 Å². The summed E-state index contributed by atoms with van der Waals surface area (Å²) in [5.74, 6) is 0.919. The molecule has 0 aromatic heterocycles. The molecule has 0 fully saturated rings. The lowest BCUT2D eigenvalue weighted by molar-refractivity contribution is -0.0372. The summed E-state index contributed by atoms with van der Waals surface area (Å²) in [5, 5.41) is 9.57. The Balaban J connectivity index is 2.45. The predicted molar refractivity (Wildman–Crippen MR) is 29.9 cm³/mol. The van der Waals surface area contributed by atoms with Crippen LogP contribution in [0.15, 0.2) is 0 Å². The van der Waals surface area contributed by atoms with Crippen molar-refractivity contribution < 1.29 is 9.84 Å². The Bertz CT molecular complexity index is 28.9. The number of thioether (sulfide) groups is 1. The summed E-state index contributed by atoms with van der Waals surface area (Å²) in [5.41, 5.74) is 0. The topological polar surface area (TPSA) is 29.1 Å². The van der Waals surface area contributed by atoms with E-state index in [0.29, 0.717) is 6.61 Å². The third-order valence-electron chi connectivity index (χ3n) is 0.515. The molecule has 0 N–H and O–H groups in total. The fourth-order valence-electron chi connectivity index (χ4n) is 0.201. The maximum Gasteiger partial charge on any atom is 0.180 e. The van der Waals surface area contributed by atoms with Crippen LogP contribution in [-0.4, -0.2) is 25.4 Å². The fraction of sp³-hybridized carbons (Fsp3) is 1.00. The summed E-state index contributed by atoms with van der Waals surface area (Å²) in [7, 11) is 0. The zero-order valence-electron chi connectivity index (χ0n) is 4.35. The normalized spacial score (nSPS) is 9.43. The van der Waals surface area contributed by atoms with Crippen molar-refractivity contribution in [2.75, 3.05) is 25.4 Å². The highest BCUT2D eigenvalue weighted by molar-refractivity contribution is 7.98. The minimum atomic E-state index is -0.402. The molecule has 0 bridgehead atoms. The average Bonchev–Trinajstić information content (AvgIpc) is 1.69. The first kappa shape index (κ1) is 7.27. The van der Waals surface area contributed by atoms with Gasteiger partial charge in [0, 0.05) is 5.75 Å². The number of hydrogen-bond acceptors (Lipinski definition) is 2. The van der Waals surface area contributed by atoms with Crippen molar-refractivity contribution in [1.82, 2.24) is 0 Å². The third-order valence-corrected chi connectivity index (χ3v) is 1.09. The number of hydrogen-bond donors (Lipinski definition) is 0. The van der Waals surface area contributed by atoms with Crippen molar-refractivity contribution in [3.63, 3.8) is 0 Å². The zero-order valence-corrected chi connectivity index (χ0v) is 5.16. The zero-order chi connectivity index (χ0) is 5.54. The first-order valence-electron chi connectivity index (χ1n) is 2.06. The largest absolute Gasteiger partial charge is 0.351 e. The Morgan fingerprint density at radius 1 is 1.71 bits per heavy atom. The molecular formula is C4H9O2S. The van der Waals surface area contributed by atoms with E-state index in [2.05, 4.69) is 4.74 Å². The van der Waals surface area contributed by atoms with E-state index in [4.69, 9.17) is 0 Å². The van der Waals surface area contributed by atoms with Gasteiger partial charge in [-0.3, -0.25) is 0 Å². The maximum absolute atomic E-state index is 9.57. The van der Waals surface area contributed by atoms with Gasteiger partial charge >= 0.3 is 0 Å². The minimum Gasteiger partial charge on any atom is -0.351 e. The molecule has 1 radical (unpaired) electrons. The van der Waals surface area contributed by atoms with Crippen molar-refractivity contribution in [3.8, 4) is 0 Å². The van der Waals surface area contributed by atoms with E-state index in [1.54, 1.807) is 11.8 Å². The van der Waals surface area contributed by atoms with Gasteiger partial charge in [0.1, 0.15) is 0 Å². The second-order valence-corrected chi connectivity index (χ2v) is 2.00. The standard InChI is InChI=1S/C4H9O2S/c1-7-3-2-6-4-5/h2-4H2,1H3. The highest BCUT2D eigenvalue weighted by Crippen LogP contribution is 1.88. The van der Waals surface area contributed by atoms with Gasteiger partial charge in [-0.15, -0.1) is 0 Å². The molecule has 0 unspecified atom stereocenters. The first-order chi connectivity index (χ1) is 3.41. The number of rotatable bonds is 4. The first-order valence-corrected chi connectivity index (χ1v) is 3.46. The Kier molecular flexibility index (Phi) is 6.51. The molecule has 0 spiro atoms. The molecule has 0 heterocycles. The van der Waals surface area contributed by atoms with E-state index >= 15 is 0 Å². The van der Waals surface area contributed by atoms with E-state index in [-0.39, 0.29) is 0 Å². The Labute approximate surface area is 47.9 Å². The molecule has 7 heavy (non-hydrogen) atoms. The van der Waals surface area contributed by atoms with Crippen LogP contribution in [0.2, 0.25) is 0 Å². The van der Waals surface area contributed by atoms with Crippen molar-refractivity contribution in [3.05, 3.63) is 0 Å². The van der Waals surface area contributed by atoms with E-state index in [1.165, 1.54) is 0 Å². The molecule has 0 atom stereocenters. The molecule has 0 aromatic rings. The average molecular weight is 121 g/mol. The van der Waals surface area contributed by atoms with Crippen LogP contribution >= 0.6 is 11.8 Å². The Morgan fingerprint density at radius 2 is 2.43 bits per heavy atom. The van der Waals surface area contributed by atoms with Gasteiger partial charge in [0.15, 0.2) is 6.79 Å². The monoisotopic (exact) mass is 121 g/mol. The Morgan fingerprint density at radius 3 is 2.86 bits per heavy atom. The predicted octanol–water partition coefficient (Wildman–Crippen LogP) is 0.754. The van der Waals surface area contributed by atoms with Crippen molar-refractivity contribution in [2.45, 2.75) is 0 Å². The summed E-state index contributed by atoms with van der Waals surface area (Å²) in [6, 6.07) is 0. The summed E-state index contributed by atoms with van der Waals surface area (Å²) in [4.78, 5) is 0. The SMILES string of the molecule is CSCCOC[O]. The summed E-state index contributed by atoms with van der Waals surface area (Å²) in [6.07, 6.45) is 1.98. The minimum absolute atomic E-state index is 0.402. The molecule has 0 rings (SSSR count).